The first kappa shape index (κ1) is 21.7. The molecule has 8 heteroatoms. The van der Waals surface area contributed by atoms with E-state index < -0.39 is 0 Å². The summed E-state index contributed by atoms with van der Waals surface area (Å²) >= 11 is 0. The van der Waals surface area contributed by atoms with E-state index in [4.69, 9.17) is 9.47 Å². The van der Waals surface area contributed by atoms with Gasteiger partial charge in [0.25, 0.3) is 5.91 Å². The molecule has 3 rings (SSSR count). The maximum atomic E-state index is 12.6. The predicted molar refractivity (Wildman–Crippen MR) is 113 cm³/mol. The number of carbonyl (C=O) groups excluding carboxylic acids is 2. The van der Waals surface area contributed by atoms with Gasteiger partial charge in [0.1, 0.15) is 11.5 Å². The maximum absolute atomic E-state index is 12.6. The zero-order valence-corrected chi connectivity index (χ0v) is 17.9. The van der Waals surface area contributed by atoms with Crippen molar-refractivity contribution in [2.24, 2.45) is 5.92 Å². The molecule has 0 bridgehead atoms. The molecule has 8 nitrogen and oxygen atoms in total. The number of nitrogens with one attached hydrogen (secondary N) is 1. The number of benzene rings is 1. The minimum Gasteiger partial charge on any atom is -0.497 e. The van der Waals surface area contributed by atoms with Gasteiger partial charge >= 0.3 is 0 Å². The van der Waals surface area contributed by atoms with Crippen LogP contribution in [0.4, 0.5) is 0 Å². The maximum Gasteiger partial charge on any atom is 0.251 e. The smallest absolute Gasteiger partial charge is 0.251 e. The fourth-order valence-electron chi connectivity index (χ4n) is 3.73. The number of aryl methyl sites for hydroxylation is 2. The third-order valence-corrected chi connectivity index (χ3v) is 5.50. The van der Waals surface area contributed by atoms with E-state index in [0.29, 0.717) is 43.1 Å². The number of hydrogen-bond acceptors (Lipinski definition) is 5. The first-order valence-electron chi connectivity index (χ1n) is 10.3. The zero-order chi connectivity index (χ0) is 21.5. The van der Waals surface area contributed by atoms with Gasteiger partial charge in [-0.2, -0.15) is 5.10 Å². The molecule has 30 heavy (non-hydrogen) atoms. The number of likely N-dealkylation sites (tertiary alicyclic amines) is 1. The summed E-state index contributed by atoms with van der Waals surface area (Å²) in [6.45, 7) is 4.54. The van der Waals surface area contributed by atoms with E-state index in [-0.39, 0.29) is 17.7 Å². The number of rotatable bonds is 8. The van der Waals surface area contributed by atoms with Crippen molar-refractivity contribution in [3.05, 3.63) is 41.7 Å². The van der Waals surface area contributed by atoms with Gasteiger partial charge in [-0.25, -0.2) is 0 Å². The molecule has 0 saturated carbocycles. The normalized spacial score (nSPS) is 16.2. The summed E-state index contributed by atoms with van der Waals surface area (Å²) in [5.74, 6) is 1.34. The molecule has 1 aromatic heterocycles. The predicted octanol–water partition coefficient (Wildman–Crippen LogP) is 2.27. The van der Waals surface area contributed by atoms with Gasteiger partial charge in [0.2, 0.25) is 5.91 Å². The number of ether oxygens (including phenoxy) is 2. The number of carbonyl (C=O) groups is 2. The van der Waals surface area contributed by atoms with Crippen LogP contribution in [-0.4, -0.2) is 60.3 Å². The minimum absolute atomic E-state index is 0.137. The Kier molecular flexibility index (Phi) is 7.32. The summed E-state index contributed by atoms with van der Waals surface area (Å²) in [4.78, 5) is 27.1. The lowest BCUT2D eigenvalue weighted by Crippen LogP contribution is -2.44. The molecule has 1 fully saturated rings. The zero-order valence-electron chi connectivity index (χ0n) is 17.9. The monoisotopic (exact) mass is 414 g/mol. The van der Waals surface area contributed by atoms with Crippen LogP contribution in [0.1, 0.15) is 35.3 Å². The number of hydrogen-bond donors (Lipinski definition) is 1. The van der Waals surface area contributed by atoms with Crippen LogP contribution in [0.5, 0.6) is 11.5 Å². The second kappa shape index (κ2) is 10.1. The molecule has 1 saturated heterocycles. The van der Waals surface area contributed by atoms with Crippen molar-refractivity contribution in [1.82, 2.24) is 20.0 Å². The second-order valence-corrected chi connectivity index (χ2v) is 7.61. The highest BCUT2D eigenvalue weighted by atomic mass is 16.5. The highest BCUT2D eigenvalue weighted by molar-refractivity contribution is 5.95. The van der Waals surface area contributed by atoms with Crippen LogP contribution < -0.4 is 14.8 Å². The van der Waals surface area contributed by atoms with Crippen LogP contribution in [0.15, 0.2) is 30.5 Å². The standard InChI is InChI=1S/C22H30N4O4/c1-16-6-8-24-26(16)10-7-21(27)25-9-4-5-17(15-25)14-23-22(28)18-11-19(29-2)13-20(12-18)30-3/h6,8,11-13,17H,4-5,7,9-10,14-15H2,1-3H3,(H,23,28). The molecule has 1 unspecified atom stereocenters. The quantitative estimate of drug-likeness (QED) is 0.716. The molecular weight excluding hydrogens is 384 g/mol. The lowest BCUT2D eigenvalue weighted by molar-refractivity contribution is -0.133. The van der Waals surface area contributed by atoms with Crippen LogP contribution >= 0.6 is 0 Å². The summed E-state index contributed by atoms with van der Waals surface area (Å²) in [5, 5.41) is 7.22. The van der Waals surface area contributed by atoms with E-state index in [1.807, 2.05) is 22.6 Å². The number of nitrogens with zero attached hydrogens (tertiary/aromatic N) is 3. The fraction of sp³-hybridized carbons (Fsp3) is 0.500. The van der Waals surface area contributed by atoms with Crippen LogP contribution in [0, 0.1) is 12.8 Å². The molecular formula is C22H30N4O4. The molecule has 162 valence electrons. The van der Waals surface area contributed by atoms with E-state index in [9.17, 15) is 9.59 Å². The van der Waals surface area contributed by atoms with E-state index in [1.54, 1.807) is 38.6 Å². The van der Waals surface area contributed by atoms with Crippen LogP contribution in [0.3, 0.4) is 0 Å². The van der Waals surface area contributed by atoms with E-state index in [0.717, 1.165) is 25.1 Å². The van der Waals surface area contributed by atoms with Crippen LogP contribution in [0.25, 0.3) is 0 Å². The van der Waals surface area contributed by atoms with E-state index in [1.165, 1.54) is 0 Å². The lowest BCUT2D eigenvalue weighted by Gasteiger charge is -2.33. The number of methoxy groups -OCH3 is 2. The largest absolute Gasteiger partial charge is 0.497 e. The average molecular weight is 415 g/mol. The third kappa shape index (κ3) is 5.52. The number of piperidine rings is 1. The van der Waals surface area contributed by atoms with Crippen LogP contribution in [-0.2, 0) is 11.3 Å². The van der Waals surface area contributed by atoms with Gasteiger partial charge in [0, 0.05) is 56.1 Å². The molecule has 0 radical (unpaired) electrons. The minimum atomic E-state index is -0.176. The Hall–Kier alpha value is -3.03. The van der Waals surface area contributed by atoms with Crippen molar-refractivity contribution in [1.29, 1.82) is 0 Å². The summed E-state index contributed by atoms with van der Waals surface area (Å²) in [6.07, 6.45) is 4.12. The molecule has 0 aliphatic carbocycles. The van der Waals surface area contributed by atoms with Gasteiger partial charge in [-0.15, -0.1) is 0 Å². The molecule has 2 amide bonds. The Morgan fingerprint density at radius 1 is 1.20 bits per heavy atom. The Bertz CT molecular complexity index is 858. The van der Waals surface area contributed by atoms with Gasteiger partial charge in [-0.1, -0.05) is 0 Å². The summed E-state index contributed by atoms with van der Waals surface area (Å²) < 4.78 is 12.3. The Labute approximate surface area is 177 Å². The number of aromatic nitrogens is 2. The average Bonchev–Trinajstić information content (AvgIpc) is 3.20. The Morgan fingerprint density at radius 2 is 1.93 bits per heavy atom. The topological polar surface area (TPSA) is 85.7 Å². The van der Waals surface area contributed by atoms with Crippen molar-refractivity contribution < 1.29 is 19.1 Å². The summed E-state index contributed by atoms with van der Waals surface area (Å²) in [6, 6.07) is 7.03. The molecule has 0 spiro atoms. The molecule has 1 aliphatic heterocycles. The number of amides is 2. The highest BCUT2D eigenvalue weighted by Crippen LogP contribution is 2.23. The van der Waals surface area contributed by atoms with Crippen molar-refractivity contribution >= 4 is 11.8 Å². The highest BCUT2D eigenvalue weighted by Gasteiger charge is 2.24. The third-order valence-electron chi connectivity index (χ3n) is 5.50. The van der Waals surface area contributed by atoms with Gasteiger partial charge in [-0.3, -0.25) is 14.3 Å². The molecule has 2 heterocycles. The lowest BCUT2D eigenvalue weighted by atomic mass is 9.97. The Balaban J connectivity index is 1.50. The first-order chi connectivity index (χ1) is 14.5. The summed E-state index contributed by atoms with van der Waals surface area (Å²) in [5.41, 5.74) is 1.54. The van der Waals surface area contributed by atoms with E-state index in [2.05, 4.69) is 10.4 Å². The molecule has 1 N–H and O–H groups in total. The van der Waals surface area contributed by atoms with Crippen molar-refractivity contribution in [3.8, 4) is 11.5 Å². The summed E-state index contributed by atoms with van der Waals surface area (Å²) in [7, 11) is 3.11. The van der Waals surface area contributed by atoms with E-state index >= 15 is 0 Å². The van der Waals surface area contributed by atoms with Crippen LogP contribution in [0.2, 0.25) is 0 Å². The van der Waals surface area contributed by atoms with Crippen molar-refractivity contribution in [3.63, 3.8) is 0 Å². The molecule has 1 aromatic carbocycles. The molecule has 2 aromatic rings. The SMILES string of the molecule is COc1cc(OC)cc(C(=O)NCC2CCCN(C(=O)CCn3nccc3C)C2)c1. The fourth-order valence-corrected chi connectivity index (χ4v) is 3.73. The van der Waals surface area contributed by atoms with Gasteiger partial charge in [-0.05, 0) is 43.9 Å². The van der Waals surface area contributed by atoms with Crippen molar-refractivity contribution in [2.45, 2.75) is 32.7 Å². The van der Waals surface area contributed by atoms with Gasteiger partial charge < -0.3 is 19.7 Å². The Morgan fingerprint density at radius 3 is 2.57 bits per heavy atom. The second-order valence-electron chi connectivity index (χ2n) is 7.61. The van der Waals surface area contributed by atoms with Crippen molar-refractivity contribution in [2.75, 3.05) is 33.9 Å². The van der Waals surface area contributed by atoms with Gasteiger partial charge in [0.05, 0.1) is 14.2 Å². The first-order valence-corrected chi connectivity index (χ1v) is 10.3. The molecule has 1 aliphatic rings. The molecule has 1 atom stereocenters. The van der Waals surface area contributed by atoms with Gasteiger partial charge in [0.15, 0.2) is 0 Å².